The van der Waals surface area contributed by atoms with Gasteiger partial charge in [-0.1, -0.05) is 30.7 Å². The van der Waals surface area contributed by atoms with E-state index in [2.05, 4.69) is 40.8 Å². The van der Waals surface area contributed by atoms with Crippen LogP contribution in [-0.4, -0.2) is 62.4 Å². The van der Waals surface area contributed by atoms with Gasteiger partial charge in [-0.25, -0.2) is 4.39 Å². The number of aliphatic imine (C=N–C) groups is 1. The Bertz CT molecular complexity index is 1270. The van der Waals surface area contributed by atoms with Crippen LogP contribution in [0.1, 0.15) is 67.9 Å². The molecule has 2 heterocycles. The second kappa shape index (κ2) is 13.6. The predicted molar refractivity (Wildman–Crippen MR) is 162 cm³/mol. The number of methoxy groups -OCH3 is 1. The van der Waals surface area contributed by atoms with Gasteiger partial charge in [-0.2, -0.15) is 4.99 Å². The molecule has 1 aromatic carbocycles. The maximum absolute atomic E-state index is 15.5. The second-order valence-corrected chi connectivity index (χ2v) is 11.9. The lowest BCUT2D eigenvalue weighted by molar-refractivity contribution is -0.127. The molecule has 40 heavy (non-hydrogen) atoms. The average molecular weight is 567 g/mol. The molecule has 6 nitrogen and oxygen atoms in total. The summed E-state index contributed by atoms with van der Waals surface area (Å²) < 4.78 is 20.8. The molecule has 3 atom stereocenters. The molecule has 2 aliphatic rings. The zero-order valence-electron chi connectivity index (χ0n) is 24.7. The highest BCUT2D eigenvalue weighted by molar-refractivity contribution is 7.10. The Morgan fingerprint density at radius 1 is 1.30 bits per heavy atom. The molecule has 2 aromatic rings. The maximum atomic E-state index is 15.5. The number of ether oxygens (including phenoxy) is 1. The first-order valence-corrected chi connectivity index (χ1v) is 15.1. The van der Waals surface area contributed by atoms with Crippen molar-refractivity contribution in [3.05, 3.63) is 80.6 Å². The number of rotatable bonds is 11. The topological polar surface area (TPSA) is 57.2 Å². The minimum Gasteiger partial charge on any atom is -0.484 e. The van der Waals surface area contributed by atoms with E-state index >= 15 is 4.39 Å². The van der Waals surface area contributed by atoms with Crippen molar-refractivity contribution < 1.29 is 13.9 Å². The molecule has 4 rings (SSSR count). The van der Waals surface area contributed by atoms with Crippen molar-refractivity contribution in [2.45, 2.75) is 58.4 Å². The van der Waals surface area contributed by atoms with Crippen molar-refractivity contribution in [3.8, 4) is 0 Å². The molecule has 1 aliphatic carbocycles. The molecule has 3 unspecified atom stereocenters. The summed E-state index contributed by atoms with van der Waals surface area (Å²) in [5.41, 5.74) is 3.19. The zero-order chi connectivity index (χ0) is 28.8. The van der Waals surface area contributed by atoms with E-state index < -0.39 is 0 Å². The van der Waals surface area contributed by atoms with Crippen LogP contribution in [0.5, 0.6) is 0 Å². The highest BCUT2D eigenvalue weighted by atomic mass is 32.1. The largest absolute Gasteiger partial charge is 0.484 e. The second-order valence-electron chi connectivity index (χ2n) is 10.9. The van der Waals surface area contributed by atoms with E-state index in [1.54, 1.807) is 25.0 Å². The third-order valence-electron chi connectivity index (χ3n) is 8.17. The minimum atomic E-state index is -0.240. The van der Waals surface area contributed by atoms with Gasteiger partial charge in [0.1, 0.15) is 11.6 Å². The molecule has 0 bridgehead atoms. The number of thiophene rings is 1. The number of hydrogen-bond acceptors (Lipinski definition) is 6. The van der Waals surface area contributed by atoms with Crippen molar-refractivity contribution in [1.29, 1.82) is 0 Å². The summed E-state index contributed by atoms with van der Waals surface area (Å²) in [6, 6.07) is 9.99. The van der Waals surface area contributed by atoms with Crippen molar-refractivity contribution in [2.75, 3.05) is 40.8 Å². The molecule has 0 radical (unpaired) electrons. The number of amides is 1. The van der Waals surface area contributed by atoms with Crippen LogP contribution in [0.4, 0.5) is 4.39 Å². The summed E-state index contributed by atoms with van der Waals surface area (Å²) in [5.74, 6) is 2.09. The fraction of sp³-hybridized carbons (Fsp3) is 0.500. The molecular weight excluding hydrogens is 523 g/mol. The molecular formula is C32H43FN4O2S. The average Bonchev–Trinajstić information content (AvgIpc) is 3.57. The standard InChI is InChI=1S/C32H43FN4O2S/c1-7-21(2)17-28-31(35-22(3)39-6)36(5)14-15-37(32(28)38)20-24-11-10-23(18-29(24)33)26-19-27(26)25(12-13-34-4)30-9-8-16-40-30/h8-11,16-18,25-27,34H,7,12-15,19-20H2,1-6H3/b21-17-,35-22+. The number of benzene rings is 1. The van der Waals surface area contributed by atoms with Gasteiger partial charge in [0, 0.05) is 44.0 Å². The van der Waals surface area contributed by atoms with Gasteiger partial charge >= 0.3 is 0 Å². The number of likely N-dealkylation sites (N-methyl/N-ethyl adjacent to an activating group) is 1. The number of allylic oxidation sites excluding steroid dienone is 1. The third-order valence-corrected chi connectivity index (χ3v) is 9.17. The quantitative estimate of drug-likeness (QED) is 0.257. The Balaban J connectivity index is 1.54. The summed E-state index contributed by atoms with van der Waals surface area (Å²) in [5, 5.41) is 5.43. The predicted octanol–water partition coefficient (Wildman–Crippen LogP) is 6.29. The molecule has 0 spiro atoms. The number of hydrogen-bond donors (Lipinski definition) is 1. The van der Waals surface area contributed by atoms with Crippen molar-refractivity contribution in [1.82, 2.24) is 15.1 Å². The van der Waals surface area contributed by atoms with Crippen LogP contribution < -0.4 is 5.32 Å². The van der Waals surface area contributed by atoms with E-state index in [4.69, 9.17) is 4.74 Å². The smallest absolute Gasteiger partial charge is 0.257 e. The first-order chi connectivity index (χ1) is 19.3. The van der Waals surface area contributed by atoms with Crippen LogP contribution in [0, 0.1) is 11.7 Å². The lowest BCUT2D eigenvalue weighted by Gasteiger charge is -2.22. The Morgan fingerprint density at radius 2 is 2.10 bits per heavy atom. The van der Waals surface area contributed by atoms with Crippen LogP contribution in [0.2, 0.25) is 0 Å². The molecule has 0 saturated heterocycles. The Labute approximate surface area is 242 Å². The van der Waals surface area contributed by atoms with Gasteiger partial charge in [-0.3, -0.25) is 4.79 Å². The molecule has 1 N–H and O–H groups in total. The minimum absolute atomic E-state index is 0.145. The normalized spacial score (nSPS) is 21.1. The molecule has 1 amide bonds. The molecule has 216 valence electrons. The number of halogens is 1. The van der Waals surface area contributed by atoms with Crippen LogP contribution in [-0.2, 0) is 16.1 Å². The van der Waals surface area contributed by atoms with E-state index in [0.717, 1.165) is 36.9 Å². The van der Waals surface area contributed by atoms with Gasteiger partial charge < -0.3 is 19.9 Å². The number of carbonyl (C=O) groups excluding carboxylic acids is 1. The lowest BCUT2D eigenvalue weighted by atomic mass is 9.94. The van der Waals surface area contributed by atoms with E-state index in [-0.39, 0.29) is 18.3 Å². The van der Waals surface area contributed by atoms with Crippen molar-refractivity contribution >= 4 is 23.1 Å². The van der Waals surface area contributed by atoms with Gasteiger partial charge in [-0.05, 0) is 86.7 Å². The van der Waals surface area contributed by atoms with E-state index in [9.17, 15) is 4.79 Å². The zero-order valence-corrected chi connectivity index (χ0v) is 25.5. The lowest BCUT2D eigenvalue weighted by Crippen LogP contribution is -2.34. The summed E-state index contributed by atoms with van der Waals surface area (Å²) >= 11 is 1.82. The van der Waals surface area contributed by atoms with Crippen LogP contribution in [0.25, 0.3) is 0 Å². The number of carbonyl (C=O) groups is 1. The van der Waals surface area contributed by atoms with Gasteiger partial charge in [0.25, 0.3) is 5.91 Å². The number of nitrogens with zero attached hydrogens (tertiary/aromatic N) is 3. The fourth-order valence-electron chi connectivity index (χ4n) is 5.46. The van der Waals surface area contributed by atoms with Crippen molar-refractivity contribution in [2.24, 2.45) is 10.9 Å². The summed E-state index contributed by atoms with van der Waals surface area (Å²) in [7, 11) is 5.49. The van der Waals surface area contributed by atoms with Gasteiger partial charge in [-0.15, -0.1) is 11.3 Å². The van der Waals surface area contributed by atoms with Crippen LogP contribution in [0.15, 0.2) is 63.7 Å². The molecule has 1 fully saturated rings. The molecule has 1 aliphatic heterocycles. The first-order valence-electron chi connectivity index (χ1n) is 14.2. The van der Waals surface area contributed by atoms with Gasteiger partial charge in [0.15, 0.2) is 5.90 Å². The fourth-order valence-corrected chi connectivity index (χ4v) is 6.39. The Kier molecular flexibility index (Phi) is 10.2. The molecule has 8 heteroatoms. The highest BCUT2D eigenvalue weighted by Crippen LogP contribution is 2.56. The summed E-state index contributed by atoms with van der Waals surface area (Å²) in [6.07, 6.45) is 4.90. The summed E-state index contributed by atoms with van der Waals surface area (Å²) in [4.78, 5) is 23.5. The molecule has 1 saturated carbocycles. The van der Waals surface area contributed by atoms with E-state index in [1.807, 2.05) is 49.4 Å². The van der Waals surface area contributed by atoms with Crippen molar-refractivity contribution in [3.63, 3.8) is 0 Å². The van der Waals surface area contributed by atoms with Gasteiger partial charge in [0.05, 0.1) is 12.7 Å². The Morgan fingerprint density at radius 3 is 2.75 bits per heavy atom. The SMILES string of the molecule is CC/C(C)=C\C1=C(/N=C(\C)OC)N(C)CCN(Cc2ccc(C3CC3C(CCNC)c3cccs3)cc2F)C1=O. The summed E-state index contributed by atoms with van der Waals surface area (Å²) in [6.45, 7) is 8.09. The molecule has 1 aromatic heterocycles. The van der Waals surface area contributed by atoms with Gasteiger partial charge in [0.2, 0.25) is 0 Å². The first kappa shape index (κ1) is 30.0. The monoisotopic (exact) mass is 566 g/mol. The highest BCUT2D eigenvalue weighted by Gasteiger charge is 2.44. The maximum Gasteiger partial charge on any atom is 0.257 e. The third kappa shape index (κ3) is 7.02. The Hall–Kier alpha value is -2.97. The van der Waals surface area contributed by atoms with E-state index in [1.165, 1.54) is 4.88 Å². The number of nitrogens with one attached hydrogen (secondary N) is 1. The van der Waals surface area contributed by atoms with E-state index in [0.29, 0.717) is 53.7 Å². The van der Waals surface area contributed by atoms with Crippen LogP contribution >= 0.6 is 11.3 Å². The van der Waals surface area contributed by atoms with Crippen LogP contribution in [0.3, 0.4) is 0 Å².